The van der Waals surface area contributed by atoms with Gasteiger partial charge in [0.2, 0.25) is 0 Å². The third-order valence-electron chi connectivity index (χ3n) is 10.1. The number of allylic oxidation sites excluding steroid dienone is 8. The van der Waals surface area contributed by atoms with Crippen molar-refractivity contribution in [1.82, 2.24) is 4.90 Å². The highest BCUT2D eigenvalue weighted by atomic mass is 35.5. The molecule has 1 rings (SSSR count). The van der Waals surface area contributed by atoms with Crippen LogP contribution in [-0.4, -0.2) is 50.5 Å². The lowest BCUT2D eigenvalue weighted by Gasteiger charge is -2.51. The zero-order valence-corrected chi connectivity index (χ0v) is 35.0. The predicted octanol–water partition coefficient (Wildman–Crippen LogP) is 14.6. The summed E-state index contributed by atoms with van der Waals surface area (Å²) in [5.74, 6) is 0. The van der Waals surface area contributed by atoms with Gasteiger partial charge in [-0.25, -0.2) is 0 Å². The first kappa shape index (κ1) is 49.1. The molecule has 1 aliphatic heterocycles. The van der Waals surface area contributed by atoms with E-state index in [-0.39, 0.29) is 12.4 Å². The molecule has 0 N–H and O–H groups in total. The molecule has 0 aromatic rings. The Morgan fingerprint density at radius 3 is 1.14 bits per heavy atom. The van der Waals surface area contributed by atoms with Crippen molar-refractivity contribution in [1.29, 1.82) is 0 Å². The summed E-state index contributed by atoms with van der Waals surface area (Å²) >= 11 is 0. The maximum absolute atomic E-state index is 6.33. The molecular weight excluding hydrogens is 634 g/mol. The fourth-order valence-electron chi connectivity index (χ4n) is 7.53. The summed E-state index contributed by atoms with van der Waals surface area (Å²) in [5.41, 5.74) is 0.367. The minimum absolute atomic E-state index is 0. The molecule has 0 radical (unpaired) electrons. The van der Waals surface area contributed by atoms with Crippen LogP contribution in [0.15, 0.2) is 48.6 Å². The molecule has 4 heteroatoms. The standard InChI is InChI=1S/C46H85NO2.ClH/c1-6-8-10-12-14-16-18-20-22-24-26-28-30-32-34-36-38-48-44(3)40-46(42-47(5)43-46)41-45(4)49-39-37-35-33-31-29-27-25-23-21-19-17-15-13-11-9-7-2;/h14-17,20-23,44-45H,6-13,18-19,24-43H2,1-5H3;1H/b16-14-,17-15-,22-20-,23-21-;. The van der Waals surface area contributed by atoms with Crippen molar-refractivity contribution in [2.45, 2.75) is 207 Å². The van der Waals surface area contributed by atoms with E-state index < -0.39 is 0 Å². The summed E-state index contributed by atoms with van der Waals surface area (Å²) in [6.45, 7) is 13.3. The van der Waals surface area contributed by atoms with Crippen LogP contribution in [0.4, 0.5) is 0 Å². The SMILES string of the molecule is CCCCC/C=C\C/C=C\CCCCCCCCOC(C)CC1(CC(C)OCCCCCCCC/C=C\C/C=C\CCCCC)CN(C)C1.Cl. The van der Waals surface area contributed by atoms with Crippen molar-refractivity contribution in [3.05, 3.63) is 48.6 Å². The number of unbranched alkanes of at least 4 members (excludes halogenated alkanes) is 18. The first-order chi connectivity index (χ1) is 24.0. The largest absolute Gasteiger partial charge is 0.378 e. The zero-order chi connectivity index (χ0) is 35.5. The van der Waals surface area contributed by atoms with Gasteiger partial charge in [-0.1, -0.05) is 140 Å². The van der Waals surface area contributed by atoms with E-state index in [0.717, 1.165) is 38.9 Å². The van der Waals surface area contributed by atoms with Gasteiger partial charge in [0, 0.05) is 31.7 Å². The van der Waals surface area contributed by atoms with Crippen molar-refractivity contribution in [2.24, 2.45) is 5.41 Å². The maximum Gasteiger partial charge on any atom is 0.0553 e. The summed E-state index contributed by atoms with van der Waals surface area (Å²) in [6.07, 6.45) is 52.8. The number of likely N-dealkylation sites (tertiary alicyclic amines) is 1. The number of hydrogen-bond donors (Lipinski definition) is 0. The van der Waals surface area contributed by atoms with Crippen LogP contribution in [0.1, 0.15) is 195 Å². The number of halogens is 1. The van der Waals surface area contributed by atoms with Gasteiger partial charge in [0.25, 0.3) is 0 Å². The molecule has 1 aliphatic rings. The molecular formula is C46H86ClNO2. The molecule has 1 fully saturated rings. The second kappa shape index (κ2) is 36.5. The van der Waals surface area contributed by atoms with Gasteiger partial charge in [0.05, 0.1) is 12.2 Å². The molecule has 1 saturated heterocycles. The summed E-state index contributed by atoms with van der Waals surface area (Å²) in [7, 11) is 2.25. The van der Waals surface area contributed by atoms with E-state index in [1.807, 2.05) is 0 Å². The van der Waals surface area contributed by atoms with Gasteiger partial charge < -0.3 is 14.4 Å². The van der Waals surface area contributed by atoms with Crippen LogP contribution in [0.5, 0.6) is 0 Å². The van der Waals surface area contributed by atoms with E-state index in [1.54, 1.807) is 0 Å². The number of ether oxygens (including phenoxy) is 2. The fraction of sp³-hybridized carbons (Fsp3) is 0.826. The smallest absolute Gasteiger partial charge is 0.0553 e. The molecule has 0 spiro atoms. The third kappa shape index (κ3) is 30.7. The highest BCUT2D eigenvalue weighted by Gasteiger charge is 2.43. The van der Waals surface area contributed by atoms with E-state index >= 15 is 0 Å². The fourth-order valence-corrected chi connectivity index (χ4v) is 7.53. The van der Waals surface area contributed by atoms with Gasteiger partial charge in [0.15, 0.2) is 0 Å². The van der Waals surface area contributed by atoms with Crippen LogP contribution in [0, 0.1) is 5.41 Å². The van der Waals surface area contributed by atoms with Crippen molar-refractivity contribution in [2.75, 3.05) is 33.4 Å². The van der Waals surface area contributed by atoms with Crippen molar-refractivity contribution in [3.8, 4) is 0 Å². The van der Waals surface area contributed by atoms with Crippen LogP contribution in [-0.2, 0) is 9.47 Å². The Morgan fingerprint density at radius 2 is 0.800 bits per heavy atom. The van der Waals surface area contributed by atoms with Crippen molar-refractivity contribution < 1.29 is 9.47 Å². The molecule has 1 heterocycles. The van der Waals surface area contributed by atoms with Crippen LogP contribution in [0.25, 0.3) is 0 Å². The van der Waals surface area contributed by atoms with E-state index in [4.69, 9.17) is 9.47 Å². The van der Waals surface area contributed by atoms with Gasteiger partial charge in [-0.3, -0.25) is 0 Å². The van der Waals surface area contributed by atoms with E-state index in [2.05, 4.69) is 88.3 Å². The van der Waals surface area contributed by atoms with Crippen molar-refractivity contribution >= 4 is 12.4 Å². The van der Waals surface area contributed by atoms with Crippen LogP contribution in [0.2, 0.25) is 0 Å². The Balaban J connectivity index is 0.0000240. The minimum Gasteiger partial charge on any atom is -0.378 e. The normalized spacial score (nSPS) is 16.2. The van der Waals surface area contributed by atoms with Gasteiger partial charge >= 0.3 is 0 Å². The van der Waals surface area contributed by atoms with Crippen LogP contribution in [0.3, 0.4) is 0 Å². The molecule has 0 bridgehead atoms. The second-order valence-electron chi connectivity index (χ2n) is 15.6. The highest BCUT2D eigenvalue weighted by molar-refractivity contribution is 5.85. The molecule has 0 amide bonds. The Labute approximate surface area is 320 Å². The topological polar surface area (TPSA) is 21.7 Å². The minimum atomic E-state index is 0. The van der Waals surface area contributed by atoms with E-state index in [0.29, 0.717) is 17.6 Å². The first-order valence-corrected chi connectivity index (χ1v) is 21.5. The van der Waals surface area contributed by atoms with Crippen LogP contribution < -0.4 is 0 Å². The molecule has 294 valence electrons. The summed E-state index contributed by atoms with van der Waals surface area (Å²) < 4.78 is 12.7. The molecule has 50 heavy (non-hydrogen) atoms. The molecule has 0 aromatic heterocycles. The maximum atomic E-state index is 6.33. The Bertz CT molecular complexity index is 755. The molecule has 2 unspecified atom stereocenters. The van der Waals surface area contributed by atoms with Gasteiger partial charge in [-0.05, 0) is 111 Å². The molecule has 0 aliphatic carbocycles. The number of hydrogen-bond acceptors (Lipinski definition) is 3. The third-order valence-corrected chi connectivity index (χ3v) is 10.1. The predicted molar refractivity (Wildman–Crippen MR) is 226 cm³/mol. The highest BCUT2D eigenvalue weighted by Crippen LogP contribution is 2.40. The Morgan fingerprint density at radius 1 is 0.480 bits per heavy atom. The quantitative estimate of drug-likeness (QED) is 0.0475. The number of nitrogens with zero attached hydrogens (tertiary/aromatic N) is 1. The first-order valence-electron chi connectivity index (χ1n) is 21.5. The zero-order valence-electron chi connectivity index (χ0n) is 34.2. The van der Waals surface area contributed by atoms with E-state index in [1.165, 1.54) is 154 Å². The Kier molecular flexibility index (Phi) is 35.9. The van der Waals surface area contributed by atoms with Gasteiger partial charge in [0.1, 0.15) is 0 Å². The monoisotopic (exact) mass is 720 g/mol. The van der Waals surface area contributed by atoms with Crippen molar-refractivity contribution in [3.63, 3.8) is 0 Å². The number of rotatable bonds is 36. The van der Waals surface area contributed by atoms with Gasteiger partial charge in [-0.2, -0.15) is 0 Å². The Hall–Kier alpha value is -0.870. The average molecular weight is 721 g/mol. The van der Waals surface area contributed by atoms with Gasteiger partial charge in [-0.15, -0.1) is 12.4 Å². The molecule has 2 atom stereocenters. The lowest BCUT2D eigenvalue weighted by atomic mass is 9.72. The lowest BCUT2D eigenvalue weighted by molar-refractivity contribution is -0.0753. The average Bonchev–Trinajstić information content (AvgIpc) is 3.07. The summed E-state index contributed by atoms with van der Waals surface area (Å²) in [4.78, 5) is 2.46. The molecule has 3 nitrogen and oxygen atoms in total. The molecule has 0 aromatic carbocycles. The summed E-state index contributed by atoms with van der Waals surface area (Å²) in [6, 6.07) is 0. The van der Waals surface area contributed by atoms with Crippen LogP contribution >= 0.6 is 12.4 Å². The molecule has 0 saturated carbocycles. The second-order valence-corrected chi connectivity index (χ2v) is 15.6. The summed E-state index contributed by atoms with van der Waals surface area (Å²) in [5, 5.41) is 0. The van der Waals surface area contributed by atoms with E-state index in [9.17, 15) is 0 Å². The lowest BCUT2D eigenvalue weighted by Crippen LogP contribution is -2.56.